The molecule has 1 heterocycles. The lowest BCUT2D eigenvalue weighted by atomic mass is 9.73. The average molecular weight is 494 g/mol. The number of hydrogen-bond acceptors (Lipinski definition) is 7. The zero-order valence-electron chi connectivity index (χ0n) is 21.6. The van der Waals surface area contributed by atoms with Gasteiger partial charge in [0.1, 0.15) is 5.75 Å². The summed E-state index contributed by atoms with van der Waals surface area (Å²) < 4.78 is 15.9. The molecular weight excluding hydrogens is 458 g/mol. The molecule has 1 aliphatic heterocycles. The fourth-order valence-corrected chi connectivity index (χ4v) is 5.06. The van der Waals surface area contributed by atoms with Gasteiger partial charge in [-0.15, -0.1) is 0 Å². The molecule has 1 atom stereocenters. The van der Waals surface area contributed by atoms with E-state index >= 15 is 0 Å². The molecule has 0 spiro atoms. The van der Waals surface area contributed by atoms with Crippen molar-refractivity contribution in [3.8, 4) is 5.75 Å². The van der Waals surface area contributed by atoms with E-state index in [4.69, 9.17) is 14.2 Å². The van der Waals surface area contributed by atoms with Crippen LogP contribution in [-0.2, 0) is 19.1 Å². The third-order valence-electron chi connectivity index (χ3n) is 6.72. The number of amides is 1. The molecule has 0 saturated heterocycles. The van der Waals surface area contributed by atoms with E-state index in [2.05, 4.69) is 24.5 Å². The number of ether oxygens (including phenoxy) is 3. The summed E-state index contributed by atoms with van der Waals surface area (Å²) in [6.07, 6.45) is 0.623. The topological polar surface area (TPSA) is 89.1 Å². The van der Waals surface area contributed by atoms with Crippen LogP contribution >= 0.6 is 0 Å². The number of methoxy groups -OCH3 is 3. The molecule has 0 bridgehead atoms. The van der Waals surface area contributed by atoms with Crippen molar-refractivity contribution in [2.45, 2.75) is 39.0 Å². The van der Waals surface area contributed by atoms with Crippen molar-refractivity contribution in [2.24, 2.45) is 5.41 Å². The molecule has 2 aliphatic rings. The number of Topliss-reactive ketones (excluding diaryl/α,β-unsaturated/α-hetero) is 1. The van der Waals surface area contributed by atoms with Gasteiger partial charge in [0, 0.05) is 31.9 Å². The number of allylic oxidation sites excluding steroid dienone is 1. The lowest BCUT2D eigenvalue weighted by molar-refractivity contribution is -0.126. The molecule has 192 valence electrons. The van der Waals surface area contributed by atoms with E-state index < -0.39 is 12.3 Å². The van der Waals surface area contributed by atoms with Crippen molar-refractivity contribution in [3.05, 3.63) is 65.4 Å². The molecule has 0 radical (unpaired) electrons. The molecule has 2 aromatic rings. The Bertz CT molecular complexity index is 1160. The molecule has 1 aliphatic carbocycles. The number of anilines is 2. The second-order valence-corrected chi connectivity index (χ2v) is 9.99. The van der Waals surface area contributed by atoms with Crippen LogP contribution in [0.4, 0.5) is 11.4 Å². The van der Waals surface area contributed by atoms with Crippen LogP contribution in [-0.4, -0.2) is 52.4 Å². The quantitative estimate of drug-likeness (QED) is 0.537. The van der Waals surface area contributed by atoms with Gasteiger partial charge in [0.05, 0.1) is 37.6 Å². The summed E-state index contributed by atoms with van der Waals surface area (Å²) in [7, 11) is 4.68. The van der Waals surface area contributed by atoms with Gasteiger partial charge in [-0.1, -0.05) is 38.1 Å². The largest absolute Gasteiger partial charge is 0.497 e. The first-order valence-corrected chi connectivity index (χ1v) is 12.1. The Hall–Kier alpha value is -3.36. The van der Waals surface area contributed by atoms with Crippen molar-refractivity contribution in [1.29, 1.82) is 0 Å². The number of rotatable bonds is 8. The maximum atomic E-state index is 13.7. The summed E-state index contributed by atoms with van der Waals surface area (Å²) in [4.78, 5) is 28.9. The first-order valence-electron chi connectivity index (χ1n) is 12.1. The van der Waals surface area contributed by atoms with Gasteiger partial charge >= 0.3 is 0 Å². The van der Waals surface area contributed by atoms with Crippen LogP contribution in [0.2, 0.25) is 0 Å². The first kappa shape index (κ1) is 25.7. The third-order valence-corrected chi connectivity index (χ3v) is 6.72. The average Bonchev–Trinajstić information content (AvgIpc) is 2.98. The third kappa shape index (κ3) is 5.39. The minimum atomic E-state index is -0.544. The molecule has 0 fully saturated rings. The van der Waals surface area contributed by atoms with Gasteiger partial charge in [-0.05, 0) is 41.7 Å². The Labute approximate surface area is 212 Å². The van der Waals surface area contributed by atoms with Gasteiger partial charge in [0.2, 0.25) is 5.91 Å². The van der Waals surface area contributed by atoms with Crippen LogP contribution in [0.3, 0.4) is 0 Å². The van der Waals surface area contributed by atoms with E-state index in [1.165, 1.54) is 14.2 Å². The van der Waals surface area contributed by atoms with E-state index in [9.17, 15) is 9.59 Å². The normalized spacial score (nSPS) is 18.8. The van der Waals surface area contributed by atoms with Crippen molar-refractivity contribution < 1.29 is 23.8 Å². The molecule has 1 unspecified atom stereocenters. The molecule has 8 nitrogen and oxygen atoms in total. The summed E-state index contributed by atoms with van der Waals surface area (Å²) in [6.45, 7) is 4.47. The number of nitrogens with zero attached hydrogens (tertiary/aromatic N) is 1. The predicted octanol–water partition coefficient (Wildman–Crippen LogP) is 4.05. The number of benzene rings is 2. The van der Waals surface area contributed by atoms with Crippen molar-refractivity contribution in [1.82, 2.24) is 5.32 Å². The van der Waals surface area contributed by atoms with Crippen LogP contribution in [0.1, 0.15) is 38.3 Å². The number of hydrogen-bond donors (Lipinski definition) is 2. The highest BCUT2D eigenvalue weighted by Gasteiger charge is 2.42. The Morgan fingerprint density at radius 2 is 1.86 bits per heavy atom. The molecule has 8 heteroatoms. The van der Waals surface area contributed by atoms with Gasteiger partial charge in [0.25, 0.3) is 0 Å². The summed E-state index contributed by atoms with van der Waals surface area (Å²) >= 11 is 0. The zero-order chi connectivity index (χ0) is 25.9. The van der Waals surface area contributed by atoms with Crippen LogP contribution < -0.4 is 20.3 Å². The monoisotopic (exact) mass is 493 g/mol. The van der Waals surface area contributed by atoms with E-state index in [1.807, 2.05) is 53.4 Å². The molecule has 2 N–H and O–H groups in total. The number of carbonyl (C=O) groups is 2. The van der Waals surface area contributed by atoms with Crippen molar-refractivity contribution in [3.63, 3.8) is 0 Å². The highest BCUT2D eigenvalue weighted by atomic mass is 16.7. The molecular formula is C28H35N3O5. The highest BCUT2D eigenvalue weighted by Crippen LogP contribution is 2.48. The molecule has 0 saturated carbocycles. The van der Waals surface area contributed by atoms with Crippen molar-refractivity contribution >= 4 is 23.1 Å². The van der Waals surface area contributed by atoms with E-state index in [-0.39, 0.29) is 30.2 Å². The summed E-state index contributed by atoms with van der Waals surface area (Å²) in [6, 6.07) is 15.1. The number of fused-ring (bicyclic) bond motifs is 1. The van der Waals surface area contributed by atoms with Gasteiger partial charge in [-0.3, -0.25) is 9.59 Å². The fraction of sp³-hybridized carbons (Fsp3) is 0.429. The summed E-state index contributed by atoms with van der Waals surface area (Å²) in [5.74, 6) is 0.569. The summed E-state index contributed by atoms with van der Waals surface area (Å²) in [5.41, 5.74) is 4.01. The second-order valence-electron chi connectivity index (χ2n) is 9.99. The van der Waals surface area contributed by atoms with Gasteiger partial charge in [0.15, 0.2) is 12.1 Å². The van der Waals surface area contributed by atoms with Crippen LogP contribution in [0, 0.1) is 5.41 Å². The van der Waals surface area contributed by atoms with Crippen LogP contribution in [0.25, 0.3) is 0 Å². The second kappa shape index (κ2) is 10.7. The molecule has 36 heavy (non-hydrogen) atoms. The highest BCUT2D eigenvalue weighted by molar-refractivity contribution is 6.01. The Kier molecular flexibility index (Phi) is 7.66. The van der Waals surface area contributed by atoms with Crippen LogP contribution in [0.15, 0.2) is 59.8 Å². The standard InChI is InChI=1S/C28H35N3O5/c1-28(2)14-21-26(23(32)15-28)27(18-9-8-10-19(13-18)34-3)31(22-12-7-6-11-20(22)30-21)17-24(33)29-16-25(35-4)36-5/h6-13,25,27,30H,14-17H2,1-5H3,(H,29,33). The summed E-state index contributed by atoms with van der Waals surface area (Å²) in [5, 5.41) is 6.46. The Balaban J connectivity index is 1.83. The molecule has 4 rings (SSSR count). The maximum Gasteiger partial charge on any atom is 0.239 e. The minimum absolute atomic E-state index is 0.0359. The predicted molar refractivity (Wildman–Crippen MR) is 139 cm³/mol. The Morgan fingerprint density at radius 3 is 2.58 bits per heavy atom. The van der Waals surface area contributed by atoms with Crippen LogP contribution in [0.5, 0.6) is 5.75 Å². The Morgan fingerprint density at radius 1 is 1.11 bits per heavy atom. The first-order chi connectivity index (χ1) is 17.3. The molecule has 2 aromatic carbocycles. The number of ketones is 1. The lowest BCUT2D eigenvalue weighted by Crippen LogP contribution is -2.44. The molecule has 1 amide bonds. The number of carbonyl (C=O) groups excluding carboxylic acids is 2. The molecule has 0 aromatic heterocycles. The number of para-hydroxylation sites is 2. The van der Waals surface area contributed by atoms with Crippen molar-refractivity contribution in [2.75, 3.05) is 44.6 Å². The van der Waals surface area contributed by atoms with Gasteiger partial charge in [-0.25, -0.2) is 0 Å². The zero-order valence-corrected chi connectivity index (χ0v) is 21.6. The maximum absolute atomic E-state index is 13.7. The van der Waals surface area contributed by atoms with E-state index in [0.29, 0.717) is 17.7 Å². The SMILES string of the molecule is COc1cccc(C2C3=C(CC(C)(C)CC3=O)Nc3ccccc3N2CC(=O)NCC(OC)OC)c1. The minimum Gasteiger partial charge on any atom is -0.497 e. The number of nitrogens with one attached hydrogen (secondary N) is 2. The van der Waals surface area contributed by atoms with E-state index in [0.717, 1.165) is 29.1 Å². The smallest absolute Gasteiger partial charge is 0.239 e. The lowest BCUT2D eigenvalue weighted by Gasteiger charge is -2.38. The van der Waals surface area contributed by atoms with E-state index in [1.54, 1.807) is 7.11 Å². The van der Waals surface area contributed by atoms with Gasteiger partial charge < -0.3 is 29.7 Å². The fourth-order valence-electron chi connectivity index (χ4n) is 5.06. The van der Waals surface area contributed by atoms with Gasteiger partial charge in [-0.2, -0.15) is 0 Å².